The minimum Gasteiger partial charge on any atom is -0.378 e. The summed E-state index contributed by atoms with van der Waals surface area (Å²) in [6.07, 6.45) is 1.37. The molecule has 1 atom stereocenters. The predicted octanol–water partition coefficient (Wildman–Crippen LogP) is 2.62. The van der Waals surface area contributed by atoms with Gasteiger partial charge in [0, 0.05) is 11.6 Å². The number of amides is 1. The Kier molecular flexibility index (Phi) is 6.26. The van der Waals surface area contributed by atoms with E-state index in [-0.39, 0.29) is 23.9 Å². The maximum atomic E-state index is 14.5. The summed E-state index contributed by atoms with van der Waals surface area (Å²) in [5, 5.41) is 20.3. The van der Waals surface area contributed by atoms with Gasteiger partial charge >= 0.3 is 0 Å². The van der Waals surface area contributed by atoms with Crippen LogP contribution in [0.3, 0.4) is 0 Å². The second-order valence-electron chi connectivity index (χ2n) is 7.54. The molecule has 0 spiro atoms. The van der Waals surface area contributed by atoms with Gasteiger partial charge in [-0.1, -0.05) is 35.0 Å². The predicted molar refractivity (Wildman–Crippen MR) is 118 cm³/mol. The van der Waals surface area contributed by atoms with Crippen LogP contribution in [0, 0.1) is 11.6 Å². The lowest BCUT2D eigenvalue weighted by molar-refractivity contribution is -0.133. The summed E-state index contributed by atoms with van der Waals surface area (Å²) in [6, 6.07) is 9.37. The molecule has 0 bridgehead atoms. The fourth-order valence-corrected chi connectivity index (χ4v) is 3.15. The highest BCUT2D eigenvalue weighted by molar-refractivity contribution is 6.29. The third-order valence-corrected chi connectivity index (χ3v) is 5.18. The zero-order chi connectivity index (χ0) is 24.5. The molecule has 4 N–H and O–H groups in total. The van der Waals surface area contributed by atoms with E-state index in [1.54, 1.807) is 30.3 Å². The number of nitrogens with one attached hydrogen (secondary N) is 1. The van der Waals surface area contributed by atoms with E-state index in [4.69, 9.17) is 21.9 Å². The van der Waals surface area contributed by atoms with Gasteiger partial charge in [-0.2, -0.15) is 9.49 Å². The molecular weight excluding hydrogens is 472 g/mol. The summed E-state index contributed by atoms with van der Waals surface area (Å²) in [7, 11) is 0. The molecule has 0 aliphatic rings. The van der Waals surface area contributed by atoms with Crippen molar-refractivity contribution in [3.8, 4) is 22.9 Å². The number of halogens is 3. The first-order chi connectivity index (χ1) is 16.2. The Bertz CT molecular complexity index is 1340. The smallest absolute Gasteiger partial charge is 0.250 e. The Labute approximate surface area is 196 Å². The molecule has 1 aromatic carbocycles. The number of hydrogen-bond acceptors (Lipinski definition) is 8. The summed E-state index contributed by atoms with van der Waals surface area (Å²) < 4.78 is 35.1. The van der Waals surface area contributed by atoms with Crippen molar-refractivity contribution in [2.45, 2.75) is 19.1 Å². The van der Waals surface area contributed by atoms with Gasteiger partial charge in [-0.25, -0.2) is 14.4 Å². The van der Waals surface area contributed by atoms with Gasteiger partial charge < -0.3 is 20.7 Å². The maximum absolute atomic E-state index is 14.5. The van der Waals surface area contributed by atoms with E-state index in [1.807, 2.05) is 0 Å². The van der Waals surface area contributed by atoms with Crippen molar-refractivity contribution in [2.75, 3.05) is 11.9 Å². The molecule has 0 saturated carbocycles. The van der Waals surface area contributed by atoms with E-state index < -0.39 is 34.8 Å². The molecule has 3 heterocycles. The van der Waals surface area contributed by atoms with Crippen LogP contribution in [-0.2, 0) is 11.3 Å². The van der Waals surface area contributed by atoms with Crippen LogP contribution < -0.4 is 11.1 Å². The van der Waals surface area contributed by atoms with Gasteiger partial charge in [-0.15, -0.1) is 0 Å². The van der Waals surface area contributed by atoms with Crippen molar-refractivity contribution in [3.05, 3.63) is 65.0 Å². The molecule has 0 radical (unpaired) electrons. The van der Waals surface area contributed by atoms with E-state index in [1.165, 1.54) is 23.9 Å². The molecule has 0 fully saturated rings. The SMILES string of the molecule is C[C@](O)(CNc1nc(-c2cc(-c3ccon3)n(Cc3ccccc3F)n2)nc(Cl)c1F)C(N)=O. The van der Waals surface area contributed by atoms with Crippen LogP contribution in [0.25, 0.3) is 22.9 Å². The number of aromatic nitrogens is 5. The zero-order valence-corrected chi connectivity index (χ0v) is 18.4. The maximum Gasteiger partial charge on any atom is 0.250 e. The van der Waals surface area contributed by atoms with Crippen molar-refractivity contribution in [1.29, 1.82) is 0 Å². The molecule has 3 aromatic heterocycles. The molecule has 0 aliphatic carbocycles. The van der Waals surface area contributed by atoms with Crippen LogP contribution in [0.15, 0.2) is 47.2 Å². The number of hydrogen-bond donors (Lipinski definition) is 3. The monoisotopic (exact) mass is 489 g/mol. The summed E-state index contributed by atoms with van der Waals surface area (Å²) in [6.45, 7) is 0.785. The fourth-order valence-electron chi connectivity index (χ4n) is 2.98. The Morgan fingerprint density at radius 3 is 2.71 bits per heavy atom. The Balaban J connectivity index is 1.73. The lowest BCUT2D eigenvalue weighted by atomic mass is 10.1. The van der Waals surface area contributed by atoms with Crippen LogP contribution in [0.1, 0.15) is 12.5 Å². The van der Waals surface area contributed by atoms with Crippen LogP contribution in [0.4, 0.5) is 14.6 Å². The second-order valence-corrected chi connectivity index (χ2v) is 7.90. The molecular formula is C21H18ClF2N7O3. The van der Waals surface area contributed by atoms with E-state index in [9.17, 15) is 18.7 Å². The third-order valence-electron chi connectivity index (χ3n) is 4.93. The van der Waals surface area contributed by atoms with Crippen molar-refractivity contribution in [1.82, 2.24) is 24.9 Å². The highest BCUT2D eigenvalue weighted by Crippen LogP contribution is 2.28. The average Bonchev–Trinajstić information content (AvgIpc) is 3.46. The van der Waals surface area contributed by atoms with Gasteiger partial charge in [-0.3, -0.25) is 9.48 Å². The molecule has 0 saturated heterocycles. The summed E-state index contributed by atoms with van der Waals surface area (Å²) in [4.78, 5) is 19.4. The quantitative estimate of drug-likeness (QED) is 0.320. The number of nitrogens with two attached hydrogens (primary N) is 1. The van der Waals surface area contributed by atoms with Crippen molar-refractivity contribution in [2.24, 2.45) is 5.73 Å². The van der Waals surface area contributed by atoms with Crippen LogP contribution in [-0.4, -0.2) is 48.1 Å². The molecule has 10 nitrogen and oxygen atoms in total. The molecule has 0 aliphatic heterocycles. The van der Waals surface area contributed by atoms with E-state index >= 15 is 0 Å². The van der Waals surface area contributed by atoms with Crippen molar-refractivity contribution in [3.63, 3.8) is 0 Å². The average molecular weight is 490 g/mol. The Morgan fingerprint density at radius 2 is 2.03 bits per heavy atom. The molecule has 0 unspecified atom stereocenters. The number of rotatable bonds is 8. The van der Waals surface area contributed by atoms with Gasteiger partial charge in [0.2, 0.25) is 5.82 Å². The molecule has 1 amide bonds. The number of carbonyl (C=O) groups excluding carboxylic acids is 1. The van der Waals surface area contributed by atoms with Gasteiger partial charge in [0.05, 0.1) is 18.8 Å². The highest BCUT2D eigenvalue weighted by atomic mass is 35.5. The van der Waals surface area contributed by atoms with Gasteiger partial charge in [-0.05, 0) is 19.1 Å². The van der Waals surface area contributed by atoms with Gasteiger partial charge in [0.25, 0.3) is 5.91 Å². The van der Waals surface area contributed by atoms with E-state index in [2.05, 4.69) is 25.5 Å². The fraction of sp³-hybridized carbons (Fsp3) is 0.190. The number of benzene rings is 1. The van der Waals surface area contributed by atoms with E-state index in [0.717, 1.165) is 0 Å². The van der Waals surface area contributed by atoms with Crippen molar-refractivity contribution < 1.29 is 23.2 Å². The minimum atomic E-state index is -1.97. The largest absolute Gasteiger partial charge is 0.378 e. The second kappa shape index (κ2) is 9.15. The Morgan fingerprint density at radius 1 is 1.26 bits per heavy atom. The first-order valence-electron chi connectivity index (χ1n) is 9.87. The molecule has 34 heavy (non-hydrogen) atoms. The number of nitrogens with zero attached hydrogens (tertiary/aromatic N) is 5. The van der Waals surface area contributed by atoms with Gasteiger partial charge in [0.15, 0.2) is 22.4 Å². The summed E-state index contributed by atoms with van der Waals surface area (Å²) >= 11 is 5.95. The van der Waals surface area contributed by atoms with E-state index in [0.29, 0.717) is 17.0 Å². The lowest BCUT2D eigenvalue weighted by Crippen LogP contribution is -2.46. The standard InChI is InChI=1S/C21H18ClF2N7O3/c1-21(33,20(25)32)10-26-19-16(24)17(22)27-18(28-19)14-8-15(13-6-7-34-30-13)31(29-14)9-11-4-2-3-5-12(11)23/h2-8,33H,9-10H2,1H3,(H2,25,32)(H,26,27,28)/t21-/m0/s1. The first kappa shape index (κ1) is 23.3. The van der Waals surface area contributed by atoms with Crippen molar-refractivity contribution >= 4 is 23.3 Å². The minimum absolute atomic E-state index is 0.0520. The highest BCUT2D eigenvalue weighted by Gasteiger charge is 2.28. The van der Waals surface area contributed by atoms with Gasteiger partial charge in [0.1, 0.15) is 23.5 Å². The lowest BCUT2D eigenvalue weighted by Gasteiger charge is -2.20. The zero-order valence-electron chi connectivity index (χ0n) is 17.7. The van der Waals surface area contributed by atoms with Crippen LogP contribution in [0.5, 0.6) is 0 Å². The topological polar surface area (TPSA) is 145 Å². The molecule has 4 aromatic rings. The van der Waals surface area contributed by atoms with Crippen LogP contribution >= 0.6 is 11.6 Å². The summed E-state index contributed by atoms with van der Waals surface area (Å²) in [5.74, 6) is -2.86. The number of aliphatic hydroxyl groups is 1. The molecule has 176 valence electrons. The Hall–Kier alpha value is -3.90. The summed E-state index contributed by atoms with van der Waals surface area (Å²) in [5.41, 5.74) is 4.59. The number of anilines is 1. The number of primary amides is 1. The first-order valence-corrected chi connectivity index (χ1v) is 10.2. The van der Waals surface area contributed by atoms with Crippen LogP contribution in [0.2, 0.25) is 5.15 Å². The number of carbonyl (C=O) groups is 1. The molecule has 13 heteroatoms. The normalized spacial score (nSPS) is 13.0. The molecule has 4 rings (SSSR count). The third kappa shape index (κ3) is 4.72.